The molecule has 31 heavy (non-hydrogen) atoms. The quantitative estimate of drug-likeness (QED) is 0.453. The maximum Gasteiger partial charge on any atom is 0.264 e. The average Bonchev–Trinajstić information content (AvgIpc) is 3.22. The Hall–Kier alpha value is -3.72. The smallest absolute Gasteiger partial charge is 0.264 e. The Labute approximate surface area is 181 Å². The van der Waals surface area contributed by atoms with Gasteiger partial charge in [-0.3, -0.25) is 4.79 Å². The van der Waals surface area contributed by atoms with Gasteiger partial charge in [0.2, 0.25) is 0 Å². The molecule has 0 N–H and O–H groups in total. The van der Waals surface area contributed by atoms with E-state index >= 15 is 0 Å². The number of piperidine rings is 1. The van der Waals surface area contributed by atoms with Gasteiger partial charge in [0.1, 0.15) is 17.5 Å². The van der Waals surface area contributed by atoms with E-state index in [1.165, 1.54) is 12.1 Å². The predicted molar refractivity (Wildman–Crippen MR) is 118 cm³/mol. The lowest BCUT2D eigenvalue weighted by Crippen LogP contribution is -2.38. The molecule has 6 heteroatoms. The Balaban J connectivity index is 1.74. The summed E-state index contributed by atoms with van der Waals surface area (Å²) in [6, 6.07) is 17.7. The van der Waals surface area contributed by atoms with Crippen molar-refractivity contribution < 1.29 is 9.18 Å². The maximum absolute atomic E-state index is 13.4. The molecular formula is C25H23FN4O. The van der Waals surface area contributed by atoms with Gasteiger partial charge in [-0.25, -0.2) is 9.07 Å². The highest BCUT2D eigenvalue weighted by atomic mass is 19.1. The van der Waals surface area contributed by atoms with Crippen molar-refractivity contribution in [3.8, 4) is 23.0 Å². The van der Waals surface area contributed by atoms with Crippen LogP contribution in [0.2, 0.25) is 0 Å². The number of benzene rings is 2. The van der Waals surface area contributed by atoms with Crippen molar-refractivity contribution in [2.24, 2.45) is 5.92 Å². The highest BCUT2D eigenvalue weighted by molar-refractivity contribution is 6.02. The van der Waals surface area contributed by atoms with Gasteiger partial charge in [-0.05, 0) is 61.2 Å². The first-order chi connectivity index (χ1) is 15.0. The predicted octanol–water partition coefficient (Wildman–Crippen LogP) is 4.84. The van der Waals surface area contributed by atoms with Crippen LogP contribution in [-0.2, 0) is 4.79 Å². The Morgan fingerprint density at radius 2 is 1.81 bits per heavy atom. The second-order valence-corrected chi connectivity index (χ2v) is 7.86. The molecule has 0 unspecified atom stereocenters. The van der Waals surface area contributed by atoms with Crippen molar-refractivity contribution in [1.82, 2.24) is 14.7 Å². The number of carbonyl (C=O) groups is 1. The molecule has 2 aromatic carbocycles. The third-order valence-electron chi connectivity index (χ3n) is 5.60. The highest BCUT2D eigenvalue weighted by Crippen LogP contribution is 2.27. The van der Waals surface area contributed by atoms with E-state index in [1.54, 1.807) is 34.0 Å². The minimum atomic E-state index is -0.337. The molecule has 0 spiro atoms. The lowest BCUT2D eigenvalue weighted by Gasteiger charge is -2.30. The molecule has 0 bridgehead atoms. The van der Waals surface area contributed by atoms with Gasteiger partial charge >= 0.3 is 0 Å². The number of aromatic nitrogens is 2. The zero-order chi connectivity index (χ0) is 21.8. The fraction of sp³-hybridized carbons (Fsp3) is 0.240. The molecule has 1 amide bonds. The third-order valence-corrected chi connectivity index (χ3v) is 5.60. The summed E-state index contributed by atoms with van der Waals surface area (Å²) in [6.07, 6.45) is 5.26. The molecule has 1 saturated heterocycles. The summed E-state index contributed by atoms with van der Waals surface area (Å²) in [5.74, 6) is -0.00443. The molecule has 1 aliphatic rings. The SMILES string of the molecule is CC1CCN(C(=O)C(C#N)=Cc2cn(-c3ccccc3)nc2-c2ccc(F)cc2)CC1. The molecule has 156 valence electrons. The standard InChI is InChI=1S/C25H23FN4O/c1-18-11-13-29(14-12-18)25(31)20(16-27)15-21-17-30(23-5-3-2-4-6-23)28-24(21)19-7-9-22(26)10-8-19/h2-10,15,17-18H,11-14H2,1H3. The summed E-state index contributed by atoms with van der Waals surface area (Å²) in [5, 5.41) is 14.4. The number of nitrogens with zero attached hydrogens (tertiary/aromatic N) is 4. The van der Waals surface area contributed by atoms with Crippen LogP contribution in [0.1, 0.15) is 25.3 Å². The molecule has 1 aliphatic heterocycles. The minimum Gasteiger partial charge on any atom is -0.338 e. The van der Waals surface area contributed by atoms with Crippen molar-refractivity contribution in [2.75, 3.05) is 13.1 Å². The fourth-order valence-electron chi connectivity index (χ4n) is 3.72. The topological polar surface area (TPSA) is 61.9 Å². The summed E-state index contributed by atoms with van der Waals surface area (Å²) in [6.45, 7) is 3.50. The Morgan fingerprint density at radius 1 is 1.13 bits per heavy atom. The molecule has 5 nitrogen and oxygen atoms in total. The summed E-state index contributed by atoms with van der Waals surface area (Å²) in [7, 11) is 0. The van der Waals surface area contributed by atoms with Gasteiger partial charge in [-0.1, -0.05) is 25.1 Å². The van der Waals surface area contributed by atoms with Crippen LogP contribution in [0.25, 0.3) is 23.0 Å². The van der Waals surface area contributed by atoms with Crippen LogP contribution in [0.5, 0.6) is 0 Å². The first kappa shape index (κ1) is 20.5. The molecular weight excluding hydrogens is 391 g/mol. The van der Waals surface area contributed by atoms with Crippen molar-refractivity contribution in [3.63, 3.8) is 0 Å². The molecule has 1 fully saturated rings. The number of rotatable bonds is 4. The summed E-state index contributed by atoms with van der Waals surface area (Å²) >= 11 is 0. The Bertz CT molecular complexity index is 1130. The number of hydrogen-bond donors (Lipinski definition) is 0. The lowest BCUT2D eigenvalue weighted by atomic mass is 9.98. The number of nitriles is 1. The van der Waals surface area contributed by atoms with Crippen molar-refractivity contribution in [1.29, 1.82) is 5.26 Å². The van der Waals surface area contributed by atoms with Crippen molar-refractivity contribution in [3.05, 3.63) is 77.7 Å². The number of carbonyl (C=O) groups excluding carboxylic acids is 1. The Morgan fingerprint density at radius 3 is 2.45 bits per heavy atom. The minimum absolute atomic E-state index is 0.0746. The molecule has 2 heterocycles. The average molecular weight is 414 g/mol. The van der Waals surface area contributed by atoms with Crippen LogP contribution in [0.3, 0.4) is 0 Å². The molecule has 0 aliphatic carbocycles. The van der Waals surface area contributed by atoms with Gasteiger partial charge in [0.05, 0.1) is 11.4 Å². The molecule has 0 radical (unpaired) electrons. The number of amides is 1. The number of hydrogen-bond acceptors (Lipinski definition) is 3. The van der Waals surface area contributed by atoms with Gasteiger partial charge in [-0.2, -0.15) is 10.4 Å². The highest BCUT2D eigenvalue weighted by Gasteiger charge is 2.24. The van der Waals surface area contributed by atoms with E-state index in [0.29, 0.717) is 35.8 Å². The Kier molecular flexibility index (Phi) is 5.94. The van der Waals surface area contributed by atoms with E-state index in [2.05, 4.69) is 18.1 Å². The van der Waals surface area contributed by atoms with E-state index in [-0.39, 0.29) is 17.3 Å². The molecule has 0 atom stereocenters. The lowest BCUT2D eigenvalue weighted by molar-refractivity contribution is -0.127. The van der Waals surface area contributed by atoms with E-state index in [9.17, 15) is 14.4 Å². The van der Waals surface area contributed by atoms with E-state index < -0.39 is 0 Å². The van der Waals surface area contributed by atoms with Crippen LogP contribution in [0.15, 0.2) is 66.4 Å². The number of halogens is 1. The third kappa shape index (κ3) is 4.56. The molecule has 4 rings (SSSR count). The first-order valence-corrected chi connectivity index (χ1v) is 10.4. The van der Waals surface area contributed by atoms with Crippen LogP contribution >= 0.6 is 0 Å². The van der Waals surface area contributed by atoms with Crippen LogP contribution in [0.4, 0.5) is 4.39 Å². The molecule has 1 aromatic heterocycles. The van der Waals surface area contributed by atoms with E-state index in [4.69, 9.17) is 0 Å². The van der Waals surface area contributed by atoms with Gasteiger partial charge in [-0.15, -0.1) is 0 Å². The van der Waals surface area contributed by atoms with E-state index in [1.807, 2.05) is 30.3 Å². The zero-order valence-electron chi connectivity index (χ0n) is 17.3. The molecule has 3 aromatic rings. The summed E-state index contributed by atoms with van der Waals surface area (Å²) in [5.41, 5.74) is 2.84. The maximum atomic E-state index is 13.4. The van der Waals surface area contributed by atoms with Crippen LogP contribution in [0, 0.1) is 23.1 Å². The summed E-state index contributed by atoms with van der Waals surface area (Å²) < 4.78 is 15.1. The van der Waals surface area contributed by atoms with Gasteiger partial charge in [0.25, 0.3) is 5.91 Å². The van der Waals surface area contributed by atoms with Crippen LogP contribution < -0.4 is 0 Å². The van der Waals surface area contributed by atoms with Crippen molar-refractivity contribution >= 4 is 12.0 Å². The fourth-order valence-corrected chi connectivity index (χ4v) is 3.72. The largest absolute Gasteiger partial charge is 0.338 e. The van der Waals surface area contributed by atoms with Gasteiger partial charge < -0.3 is 4.90 Å². The first-order valence-electron chi connectivity index (χ1n) is 10.4. The van der Waals surface area contributed by atoms with E-state index in [0.717, 1.165) is 18.5 Å². The second-order valence-electron chi connectivity index (χ2n) is 7.86. The zero-order valence-corrected chi connectivity index (χ0v) is 17.3. The van der Waals surface area contributed by atoms with Gasteiger partial charge in [0.15, 0.2) is 0 Å². The monoisotopic (exact) mass is 414 g/mol. The normalized spacial score (nSPS) is 15.0. The van der Waals surface area contributed by atoms with Crippen LogP contribution in [-0.4, -0.2) is 33.7 Å². The summed E-state index contributed by atoms with van der Waals surface area (Å²) in [4.78, 5) is 14.7. The van der Waals surface area contributed by atoms with Crippen molar-refractivity contribution in [2.45, 2.75) is 19.8 Å². The second kappa shape index (κ2) is 8.97. The number of para-hydroxylation sites is 1. The number of likely N-dealkylation sites (tertiary alicyclic amines) is 1. The molecule has 0 saturated carbocycles. The van der Waals surface area contributed by atoms with Gasteiger partial charge in [0, 0.05) is 30.4 Å².